The summed E-state index contributed by atoms with van der Waals surface area (Å²) in [5.74, 6) is 0.949. The van der Waals surface area contributed by atoms with Crippen molar-refractivity contribution in [3.8, 4) is 0 Å². The minimum Gasteiger partial charge on any atom is -0.388 e. The van der Waals surface area contributed by atoms with Gasteiger partial charge in [-0.25, -0.2) is 0 Å². The van der Waals surface area contributed by atoms with Crippen LogP contribution in [0.25, 0.3) is 0 Å². The van der Waals surface area contributed by atoms with Crippen LogP contribution in [0.1, 0.15) is 68.7 Å². The van der Waals surface area contributed by atoms with Gasteiger partial charge in [-0.15, -0.1) is 0 Å². The van der Waals surface area contributed by atoms with Crippen LogP contribution in [0.5, 0.6) is 0 Å². The lowest BCUT2D eigenvalue weighted by molar-refractivity contribution is 0.155. The molecule has 18 heavy (non-hydrogen) atoms. The monoisotopic (exact) mass is 247 g/mol. The molecule has 0 aliphatic heterocycles. The van der Waals surface area contributed by atoms with Gasteiger partial charge in [0.05, 0.1) is 6.10 Å². The lowest BCUT2D eigenvalue weighted by Crippen LogP contribution is -2.14. The van der Waals surface area contributed by atoms with Crippen molar-refractivity contribution in [3.05, 3.63) is 23.5 Å². The average molecular weight is 247 g/mol. The smallest absolute Gasteiger partial charge is 0.0807 e. The largest absolute Gasteiger partial charge is 0.388 e. The van der Waals surface area contributed by atoms with Crippen LogP contribution in [0.3, 0.4) is 0 Å². The van der Waals surface area contributed by atoms with Gasteiger partial charge in [0, 0.05) is 24.0 Å². The Morgan fingerprint density at radius 3 is 2.78 bits per heavy atom. The molecule has 0 aromatic carbocycles. The molecule has 0 spiro atoms. The van der Waals surface area contributed by atoms with Gasteiger partial charge < -0.3 is 9.67 Å². The van der Waals surface area contributed by atoms with Crippen LogP contribution in [0.15, 0.2) is 12.3 Å². The molecule has 2 aliphatic rings. The van der Waals surface area contributed by atoms with Gasteiger partial charge in [-0.2, -0.15) is 0 Å². The molecule has 1 fully saturated rings. The van der Waals surface area contributed by atoms with Crippen molar-refractivity contribution >= 4 is 0 Å². The second-order valence-electron chi connectivity index (χ2n) is 6.11. The number of rotatable bonds is 3. The van der Waals surface area contributed by atoms with E-state index in [1.54, 1.807) is 0 Å². The van der Waals surface area contributed by atoms with Gasteiger partial charge in [0.1, 0.15) is 0 Å². The summed E-state index contributed by atoms with van der Waals surface area (Å²) in [6.07, 6.45) is 13.8. The van der Waals surface area contributed by atoms with Crippen LogP contribution in [-0.2, 0) is 13.0 Å². The van der Waals surface area contributed by atoms with E-state index >= 15 is 0 Å². The number of hydrogen-bond acceptors (Lipinski definition) is 1. The summed E-state index contributed by atoms with van der Waals surface area (Å²) in [6, 6.07) is 2.14. The second-order valence-corrected chi connectivity index (χ2v) is 6.11. The Morgan fingerprint density at radius 1 is 1.11 bits per heavy atom. The van der Waals surface area contributed by atoms with Gasteiger partial charge in [-0.3, -0.25) is 0 Å². The van der Waals surface area contributed by atoms with E-state index in [9.17, 15) is 5.11 Å². The zero-order valence-corrected chi connectivity index (χ0v) is 11.3. The summed E-state index contributed by atoms with van der Waals surface area (Å²) in [4.78, 5) is 0. The highest BCUT2D eigenvalue weighted by atomic mass is 16.3. The van der Waals surface area contributed by atoms with Crippen molar-refractivity contribution in [2.75, 3.05) is 0 Å². The van der Waals surface area contributed by atoms with E-state index in [1.807, 2.05) is 0 Å². The highest BCUT2D eigenvalue weighted by Crippen LogP contribution is 2.32. The van der Waals surface area contributed by atoms with Crippen LogP contribution < -0.4 is 0 Å². The van der Waals surface area contributed by atoms with Crippen molar-refractivity contribution in [2.45, 2.75) is 70.4 Å². The third kappa shape index (κ3) is 2.49. The Balaban J connectivity index is 1.62. The van der Waals surface area contributed by atoms with E-state index in [2.05, 4.69) is 16.8 Å². The lowest BCUT2D eigenvalue weighted by Gasteiger charge is -2.23. The third-order valence-corrected chi connectivity index (χ3v) is 4.87. The molecule has 1 N–H and O–H groups in total. The number of nitrogens with zero attached hydrogens (tertiary/aromatic N) is 1. The Hall–Kier alpha value is -0.760. The minimum atomic E-state index is -0.204. The molecule has 1 atom stereocenters. The van der Waals surface area contributed by atoms with Gasteiger partial charge >= 0.3 is 0 Å². The third-order valence-electron chi connectivity index (χ3n) is 4.87. The molecule has 0 bridgehead atoms. The summed E-state index contributed by atoms with van der Waals surface area (Å²) in [7, 11) is 0. The molecule has 3 rings (SSSR count). The Bertz CT molecular complexity index is 390. The van der Waals surface area contributed by atoms with Gasteiger partial charge in [-0.05, 0) is 37.7 Å². The molecule has 0 saturated heterocycles. The summed E-state index contributed by atoms with van der Waals surface area (Å²) in [5, 5.41) is 9.98. The van der Waals surface area contributed by atoms with Crippen molar-refractivity contribution in [3.63, 3.8) is 0 Å². The van der Waals surface area contributed by atoms with Gasteiger partial charge in [0.25, 0.3) is 0 Å². The van der Waals surface area contributed by atoms with Gasteiger partial charge in [0.2, 0.25) is 0 Å². The predicted molar refractivity (Wildman–Crippen MR) is 73.5 cm³/mol. The molecule has 0 radical (unpaired) electrons. The molecule has 1 aromatic rings. The number of aliphatic hydroxyl groups excluding tert-OH is 1. The molecule has 2 aliphatic carbocycles. The lowest BCUT2D eigenvalue weighted by atomic mass is 9.87. The summed E-state index contributed by atoms with van der Waals surface area (Å²) in [6.45, 7) is 1.16. The van der Waals surface area contributed by atoms with E-state index < -0.39 is 0 Å². The summed E-state index contributed by atoms with van der Waals surface area (Å²) < 4.78 is 2.41. The Kier molecular flexibility index (Phi) is 3.74. The first-order valence-electron chi connectivity index (χ1n) is 7.70. The van der Waals surface area contributed by atoms with Crippen molar-refractivity contribution in [2.24, 2.45) is 5.92 Å². The predicted octanol–water partition coefficient (Wildman–Crippen LogP) is 3.83. The number of hydrogen-bond donors (Lipinski definition) is 1. The standard InChI is InChI=1S/C16H25NO/c18-16-8-4-7-15-14(16)10-12-17(15)11-9-13-5-2-1-3-6-13/h10,12-13,16,18H,1-9,11H2. The van der Waals surface area contributed by atoms with Crippen molar-refractivity contribution in [1.29, 1.82) is 0 Å². The Labute approximate surface area is 110 Å². The molecular weight excluding hydrogens is 222 g/mol. The zero-order chi connectivity index (χ0) is 12.4. The second kappa shape index (κ2) is 5.48. The normalized spacial score (nSPS) is 25.1. The molecular formula is C16H25NO. The fraction of sp³-hybridized carbons (Fsp3) is 0.750. The first-order chi connectivity index (χ1) is 8.84. The molecule has 0 amide bonds. The Morgan fingerprint density at radius 2 is 1.94 bits per heavy atom. The average Bonchev–Trinajstić information content (AvgIpc) is 2.82. The maximum absolute atomic E-state index is 9.98. The van der Waals surface area contributed by atoms with E-state index in [0.717, 1.165) is 31.7 Å². The van der Waals surface area contributed by atoms with Crippen LogP contribution in [-0.4, -0.2) is 9.67 Å². The summed E-state index contributed by atoms with van der Waals surface area (Å²) >= 11 is 0. The van der Waals surface area contributed by atoms with Crippen LogP contribution in [0.4, 0.5) is 0 Å². The SMILES string of the molecule is OC1CCCc2c1ccn2CCC1CCCCC1. The number of aryl methyl sites for hydroxylation is 1. The molecule has 2 nitrogen and oxygen atoms in total. The van der Waals surface area contributed by atoms with Crippen LogP contribution in [0, 0.1) is 5.92 Å². The van der Waals surface area contributed by atoms with Crippen LogP contribution in [0.2, 0.25) is 0 Å². The fourth-order valence-electron chi connectivity index (χ4n) is 3.74. The molecule has 100 valence electrons. The quantitative estimate of drug-likeness (QED) is 0.863. The maximum Gasteiger partial charge on any atom is 0.0807 e. The maximum atomic E-state index is 9.98. The van der Waals surface area contributed by atoms with Gasteiger partial charge in [0.15, 0.2) is 0 Å². The zero-order valence-electron chi connectivity index (χ0n) is 11.3. The van der Waals surface area contributed by atoms with Gasteiger partial charge in [-0.1, -0.05) is 32.1 Å². The highest BCUT2D eigenvalue weighted by molar-refractivity contribution is 5.27. The first kappa shape index (κ1) is 12.3. The van der Waals surface area contributed by atoms with E-state index in [-0.39, 0.29) is 6.10 Å². The first-order valence-corrected chi connectivity index (χ1v) is 7.70. The summed E-state index contributed by atoms with van der Waals surface area (Å²) in [5.41, 5.74) is 2.61. The van der Waals surface area contributed by atoms with Crippen molar-refractivity contribution in [1.82, 2.24) is 4.57 Å². The van der Waals surface area contributed by atoms with E-state index in [0.29, 0.717) is 0 Å². The van der Waals surface area contributed by atoms with E-state index in [4.69, 9.17) is 0 Å². The number of fused-ring (bicyclic) bond motifs is 1. The molecule has 1 heterocycles. The van der Waals surface area contributed by atoms with E-state index in [1.165, 1.54) is 49.8 Å². The highest BCUT2D eigenvalue weighted by Gasteiger charge is 2.21. The number of aromatic nitrogens is 1. The number of aliphatic hydroxyl groups is 1. The van der Waals surface area contributed by atoms with Crippen molar-refractivity contribution < 1.29 is 5.11 Å². The molecule has 1 unspecified atom stereocenters. The fourth-order valence-corrected chi connectivity index (χ4v) is 3.74. The molecule has 2 heteroatoms. The minimum absolute atomic E-state index is 0.204. The topological polar surface area (TPSA) is 25.2 Å². The molecule has 1 saturated carbocycles. The van der Waals surface area contributed by atoms with Crippen LogP contribution >= 0.6 is 0 Å². The molecule has 1 aromatic heterocycles.